The first-order chi connectivity index (χ1) is 11.7. The fourth-order valence-electron chi connectivity index (χ4n) is 2.39. The van der Waals surface area contributed by atoms with Gasteiger partial charge in [0.2, 0.25) is 0 Å². The number of primary amides is 1. The Morgan fingerprint density at radius 2 is 1.73 bits per heavy atom. The predicted octanol–water partition coefficient (Wildman–Crippen LogP) is 4.79. The van der Waals surface area contributed by atoms with Crippen LogP contribution in [0.1, 0.15) is 67.3 Å². The summed E-state index contributed by atoms with van der Waals surface area (Å²) < 4.78 is 0. The van der Waals surface area contributed by atoms with E-state index in [4.69, 9.17) is 17.3 Å². The van der Waals surface area contributed by atoms with Crippen molar-refractivity contribution in [1.29, 1.82) is 0 Å². The van der Waals surface area contributed by atoms with Gasteiger partial charge in [0, 0.05) is 15.9 Å². The van der Waals surface area contributed by atoms with Crippen LogP contribution in [0, 0.1) is 5.41 Å². The first-order valence-corrected chi connectivity index (χ1v) is 9.31. The average Bonchev–Trinajstić information content (AvgIpc) is 2.92. The molecule has 2 rings (SSSR count). The number of amides is 1. The van der Waals surface area contributed by atoms with Gasteiger partial charge in [-0.2, -0.15) is 0 Å². The molecule has 1 aromatic heterocycles. The molecular formula is C19H23ClN2O3S. The van der Waals surface area contributed by atoms with Crippen LogP contribution in [0.2, 0.25) is 5.02 Å². The molecule has 1 heterocycles. The molecule has 26 heavy (non-hydrogen) atoms. The second-order valence-corrected chi connectivity index (χ2v) is 9.68. The molecule has 0 spiro atoms. The molecule has 5 nitrogen and oxygen atoms in total. The van der Waals surface area contributed by atoms with E-state index < -0.39 is 11.3 Å². The number of Topliss-reactive ketones (excluding diaryl/α,β-unsaturated/α-hetero) is 1. The van der Waals surface area contributed by atoms with E-state index in [-0.39, 0.29) is 33.1 Å². The molecular weight excluding hydrogens is 372 g/mol. The van der Waals surface area contributed by atoms with Crippen LogP contribution in [0.4, 0.5) is 0 Å². The molecule has 1 amide bonds. The van der Waals surface area contributed by atoms with Crippen molar-refractivity contribution < 1.29 is 14.7 Å². The monoisotopic (exact) mass is 394 g/mol. The SMILES string of the molecule is CC(C)(C)C(=O)c1sc(-c2cc(Cl)cc(C(N)=O)c2O)nc1C(C)(C)C. The lowest BCUT2D eigenvalue weighted by molar-refractivity contribution is 0.0860. The maximum atomic E-state index is 12.9. The maximum absolute atomic E-state index is 12.9. The molecule has 0 bridgehead atoms. The third kappa shape index (κ3) is 3.91. The quantitative estimate of drug-likeness (QED) is 0.731. The largest absolute Gasteiger partial charge is 0.506 e. The van der Waals surface area contributed by atoms with E-state index in [2.05, 4.69) is 4.98 Å². The lowest BCUT2D eigenvalue weighted by Crippen LogP contribution is -2.24. The predicted molar refractivity (Wildman–Crippen MR) is 105 cm³/mol. The Morgan fingerprint density at radius 3 is 2.19 bits per heavy atom. The minimum Gasteiger partial charge on any atom is -0.506 e. The van der Waals surface area contributed by atoms with Crippen LogP contribution in [0.3, 0.4) is 0 Å². The van der Waals surface area contributed by atoms with E-state index >= 15 is 0 Å². The summed E-state index contributed by atoms with van der Waals surface area (Å²) in [6.07, 6.45) is 0. The molecule has 0 saturated carbocycles. The maximum Gasteiger partial charge on any atom is 0.252 e. The number of ketones is 1. The summed E-state index contributed by atoms with van der Waals surface area (Å²) in [5.41, 5.74) is 5.23. The average molecular weight is 395 g/mol. The zero-order valence-electron chi connectivity index (χ0n) is 15.7. The third-order valence-corrected chi connectivity index (χ3v) is 5.10. The van der Waals surface area contributed by atoms with Gasteiger partial charge in [-0.25, -0.2) is 4.98 Å². The van der Waals surface area contributed by atoms with E-state index in [1.54, 1.807) is 0 Å². The highest BCUT2D eigenvalue weighted by molar-refractivity contribution is 7.17. The van der Waals surface area contributed by atoms with Gasteiger partial charge < -0.3 is 10.8 Å². The van der Waals surface area contributed by atoms with E-state index in [1.165, 1.54) is 23.5 Å². The summed E-state index contributed by atoms with van der Waals surface area (Å²) in [5, 5.41) is 11.1. The second-order valence-electron chi connectivity index (χ2n) is 8.24. The number of benzene rings is 1. The summed E-state index contributed by atoms with van der Waals surface area (Å²) in [4.78, 5) is 29.6. The molecule has 0 unspecified atom stereocenters. The summed E-state index contributed by atoms with van der Waals surface area (Å²) in [6.45, 7) is 11.5. The number of aromatic hydroxyl groups is 1. The van der Waals surface area contributed by atoms with Crippen molar-refractivity contribution in [2.45, 2.75) is 47.0 Å². The number of nitrogens with zero attached hydrogens (tertiary/aromatic N) is 1. The van der Waals surface area contributed by atoms with Crippen LogP contribution in [0.25, 0.3) is 10.6 Å². The highest BCUT2D eigenvalue weighted by atomic mass is 35.5. The Labute approximate surface area is 162 Å². The lowest BCUT2D eigenvalue weighted by atomic mass is 9.84. The molecule has 0 aliphatic heterocycles. The summed E-state index contributed by atoms with van der Waals surface area (Å²) in [6, 6.07) is 2.82. The van der Waals surface area contributed by atoms with Gasteiger partial charge in [-0.05, 0) is 12.1 Å². The van der Waals surface area contributed by atoms with Crippen molar-refractivity contribution in [3.8, 4) is 16.3 Å². The van der Waals surface area contributed by atoms with Gasteiger partial charge in [0.1, 0.15) is 10.8 Å². The van der Waals surface area contributed by atoms with Crippen LogP contribution in [-0.4, -0.2) is 21.8 Å². The van der Waals surface area contributed by atoms with Crippen LogP contribution in [-0.2, 0) is 5.41 Å². The highest BCUT2D eigenvalue weighted by Crippen LogP contribution is 2.42. The van der Waals surface area contributed by atoms with E-state index in [9.17, 15) is 14.7 Å². The first kappa shape index (κ1) is 20.4. The summed E-state index contributed by atoms with van der Waals surface area (Å²) in [5.74, 6) is -1.10. The summed E-state index contributed by atoms with van der Waals surface area (Å²) in [7, 11) is 0. The van der Waals surface area contributed by atoms with Crippen molar-refractivity contribution in [3.05, 3.63) is 33.3 Å². The first-order valence-electron chi connectivity index (χ1n) is 8.12. The van der Waals surface area contributed by atoms with E-state index in [0.717, 1.165) is 0 Å². The Bertz CT molecular complexity index is 889. The smallest absolute Gasteiger partial charge is 0.252 e. The highest BCUT2D eigenvalue weighted by Gasteiger charge is 2.33. The molecule has 0 saturated heterocycles. The molecule has 0 fully saturated rings. The molecule has 0 aliphatic rings. The topological polar surface area (TPSA) is 93.3 Å². The molecule has 7 heteroatoms. The van der Waals surface area contributed by atoms with Crippen molar-refractivity contribution in [2.24, 2.45) is 11.1 Å². The van der Waals surface area contributed by atoms with E-state index in [1.807, 2.05) is 41.5 Å². The van der Waals surface area contributed by atoms with Crippen molar-refractivity contribution >= 4 is 34.6 Å². The van der Waals surface area contributed by atoms with Crippen LogP contribution < -0.4 is 5.73 Å². The number of carbonyl (C=O) groups excluding carboxylic acids is 2. The molecule has 0 radical (unpaired) electrons. The Kier molecular flexibility index (Phi) is 5.23. The molecule has 3 N–H and O–H groups in total. The van der Waals surface area contributed by atoms with Gasteiger partial charge in [-0.1, -0.05) is 53.1 Å². The van der Waals surface area contributed by atoms with Crippen molar-refractivity contribution in [1.82, 2.24) is 4.98 Å². The van der Waals surface area contributed by atoms with Gasteiger partial charge in [0.25, 0.3) is 5.91 Å². The Hall–Kier alpha value is -1.92. The third-order valence-electron chi connectivity index (χ3n) is 3.80. The summed E-state index contributed by atoms with van der Waals surface area (Å²) >= 11 is 7.26. The van der Waals surface area contributed by atoms with Gasteiger partial charge >= 0.3 is 0 Å². The molecule has 1 aromatic carbocycles. The number of hydrogen-bond acceptors (Lipinski definition) is 5. The number of nitrogens with two attached hydrogens (primary N) is 1. The van der Waals surface area contributed by atoms with Crippen LogP contribution in [0.5, 0.6) is 5.75 Å². The van der Waals surface area contributed by atoms with Gasteiger partial charge in [-0.15, -0.1) is 11.3 Å². The second kappa shape index (κ2) is 6.67. The normalized spacial score (nSPS) is 12.3. The van der Waals surface area contributed by atoms with Gasteiger partial charge in [0.05, 0.1) is 21.7 Å². The number of hydrogen-bond donors (Lipinski definition) is 2. The number of thiazole rings is 1. The number of phenols is 1. The van der Waals surface area contributed by atoms with E-state index in [0.29, 0.717) is 15.6 Å². The van der Waals surface area contributed by atoms with Gasteiger partial charge in [0.15, 0.2) is 5.78 Å². The minimum atomic E-state index is -0.787. The molecule has 2 aromatic rings. The van der Waals surface area contributed by atoms with Crippen LogP contribution >= 0.6 is 22.9 Å². The fourth-order valence-corrected chi connectivity index (χ4v) is 4.05. The minimum absolute atomic E-state index is 0.0252. The Balaban J connectivity index is 2.76. The number of halogens is 1. The molecule has 0 aliphatic carbocycles. The lowest BCUT2D eigenvalue weighted by Gasteiger charge is -2.21. The van der Waals surface area contributed by atoms with Gasteiger partial charge in [-0.3, -0.25) is 9.59 Å². The van der Waals surface area contributed by atoms with Crippen molar-refractivity contribution in [3.63, 3.8) is 0 Å². The standard InChI is InChI=1S/C19H23ClN2O3S/c1-18(2,3)14-13(15(24)19(4,5)6)26-17(22-14)11-8-9(20)7-10(12(11)23)16(21)25/h7-8,23H,1-6H3,(H2,21,25). The zero-order valence-corrected chi connectivity index (χ0v) is 17.3. The fraction of sp³-hybridized carbons (Fsp3) is 0.421. The van der Waals surface area contributed by atoms with Crippen LogP contribution in [0.15, 0.2) is 12.1 Å². The molecule has 0 atom stereocenters. The van der Waals surface area contributed by atoms with Crippen molar-refractivity contribution in [2.75, 3.05) is 0 Å². The zero-order chi connectivity index (χ0) is 20.0. The number of carbonyl (C=O) groups is 2. The Morgan fingerprint density at radius 1 is 1.15 bits per heavy atom. The number of rotatable bonds is 3. The number of aromatic nitrogens is 1. The molecule has 140 valence electrons.